The minimum atomic E-state index is -4.72. The number of aromatic amines is 1. The summed E-state index contributed by atoms with van der Waals surface area (Å²) in [5.41, 5.74) is -2.84. The summed E-state index contributed by atoms with van der Waals surface area (Å²) < 4.78 is 45.9. The van der Waals surface area contributed by atoms with Gasteiger partial charge in [0.2, 0.25) is 0 Å². The van der Waals surface area contributed by atoms with Crippen LogP contribution in [-0.4, -0.2) is 21.7 Å². The van der Waals surface area contributed by atoms with Crippen LogP contribution in [0.2, 0.25) is 0 Å². The average molecular weight is 383 g/mol. The lowest BCUT2D eigenvalue weighted by atomic mass is 9.97. The molecule has 0 spiro atoms. The van der Waals surface area contributed by atoms with Gasteiger partial charge in [-0.25, -0.2) is 9.78 Å². The van der Waals surface area contributed by atoms with Crippen molar-refractivity contribution in [3.8, 4) is 0 Å². The number of carbonyl (C=O) groups is 1. The van der Waals surface area contributed by atoms with E-state index in [0.29, 0.717) is 0 Å². The molecule has 1 amide bonds. The smallest absolute Gasteiger partial charge is 0.416 e. The highest BCUT2D eigenvalue weighted by Crippen LogP contribution is 2.36. The molecule has 0 fully saturated rings. The Hall–Kier alpha value is -2.84. The third-order valence-electron chi connectivity index (χ3n) is 3.54. The quantitative estimate of drug-likeness (QED) is 0.785. The number of amides is 1. The maximum absolute atomic E-state index is 13.6. The molecule has 146 valence electrons. The Balaban J connectivity index is 2.61. The molecule has 9 heteroatoms. The van der Waals surface area contributed by atoms with Crippen LogP contribution in [0.5, 0.6) is 0 Å². The number of aromatic nitrogens is 2. The Morgan fingerprint density at radius 1 is 1.33 bits per heavy atom. The van der Waals surface area contributed by atoms with Crippen molar-refractivity contribution >= 4 is 17.0 Å². The lowest BCUT2D eigenvalue weighted by Gasteiger charge is -2.24. The maximum atomic E-state index is 13.6. The highest BCUT2D eigenvalue weighted by Gasteiger charge is 2.36. The normalized spacial score (nSPS) is 13.3. The summed E-state index contributed by atoms with van der Waals surface area (Å²) in [7, 11) is 0. The van der Waals surface area contributed by atoms with Gasteiger partial charge < -0.3 is 15.0 Å². The molecule has 1 heterocycles. The van der Waals surface area contributed by atoms with E-state index < -0.39 is 35.0 Å². The standard InChI is InChI=1S/C18H20F3N3O3/c1-6-13(24-16(26)27-17(3,4)5)10-7-11-14(8-12(10)18(19,20)21)22-9(2)23-15(11)25/h6-8,13H,1H2,2-5H3,(H,24,26)(H,22,23,25). The first-order valence-electron chi connectivity index (χ1n) is 8.05. The minimum absolute atomic E-state index is 0.0264. The summed E-state index contributed by atoms with van der Waals surface area (Å²) in [5.74, 6) is 0.195. The van der Waals surface area contributed by atoms with Crippen LogP contribution in [0.4, 0.5) is 18.0 Å². The van der Waals surface area contributed by atoms with E-state index in [-0.39, 0.29) is 22.3 Å². The molecule has 0 saturated heterocycles. The molecule has 0 bridgehead atoms. The SMILES string of the molecule is C=CC(NC(=O)OC(C)(C)C)c1cc2c(=O)[nH]c(C)nc2cc1C(F)(F)F. The summed E-state index contributed by atoms with van der Waals surface area (Å²) >= 11 is 0. The zero-order valence-electron chi connectivity index (χ0n) is 15.3. The lowest BCUT2D eigenvalue weighted by Crippen LogP contribution is -2.35. The first-order chi connectivity index (χ1) is 12.3. The summed E-state index contributed by atoms with van der Waals surface area (Å²) in [5, 5.41) is 2.31. The van der Waals surface area contributed by atoms with Gasteiger partial charge in [-0.1, -0.05) is 6.08 Å². The maximum Gasteiger partial charge on any atom is 0.416 e. The van der Waals surface area contributed by atoms with Gasteiger partial charge in [-0.3, -0.25) is 4.79 Å². The van der Waals surface area contributed by atoms with E-state index in [2.05, 4.69) is 21.9 Å². The number of H-pyrrole nitrogens is 1. The number of fused-ring (bicyclic) bond motifs is 1. The van der Waals surface area contributed by atoms with E-state index in [4.69, 9.17) is 4.74 Å². The highest BCUT2D eigenvalue weighted by molar-refractivity contribution is 5.80. The number of nitrogens with one attached hydrogen (secondary N) is 2. The van der Waals surface area contributed by atoms with Crippen molar-refractivity contribution in [1.29, 1.82) is 0 Å². The van der Waals surface area contributed by atoms with Crippen LogP contribution in [0.1, 0.15) is 43.8 Å². The largest absolute Gasteiger partial charge is 0.444 e. The van der Waals surface area contributed by atoms with Gasteiger partial charge in [-0.2, -0.15) is 13.2 Å². The van der Waals surface area contributed by atoms with Crippen LogP contribution in [-0.2, 0) is 10.9 Å². The molecule has 0 radical (unpaired) electrons. The molecule has 27 heavy (non-hydrogen) atoms. The number of nitrogens with zero attached hydrogens (tertiary/aromatic N) is 1. The summed E-state index contributed by atoms with van der Waals surface area (Å²) in [4.78, 5) is 30.5. The zero-order chi connectivity index (χ0) is 20.6. The monoisotopic (exact) mass is 383 g/mol. The molecule has 0 aliphatic heterocycles. The van der Waals surface area contributed by atoms with Gasteiger partial charge in [0.15, 0.2) is 0 Å². The predicted molar refractivity (Wildman–Crippen MR) is 94.4 cm³/mol. The fourth-order valence-electron chi connectivity index (χ4n) is 2.52. The second-order valence-corrected chi connectivity index (χ2v) is 6.97. The molecule has 2 rings (SSSR count). The van der Waals surface area contributed by atoms with Gasteiger partial charge in [-0.15, -0.1) is 6.58 Å². The van der Waals surface area contributed by atoms with Gasteiger partial charge in [-0.05, 0) is 45.4 Å². The first-order valence-corrected chi connectivity index (χ1v) is 8.05. The topological polar surface area (TPSA) is 84.1 Å². The summed E-state index contributed by atoms with van der Waals surface area (Å²) in [6.07, 6.45) is -4.49. The van der Waals surface area contributed by atoms with E-state index in [9.17, 15) is 22.8 Å². The Morgan fingerprint density at radius 2 is 1.96 bits per heavy atom. The third kappa shape index (κ3) is 4.87. The Bertz CT molecular complexity index is 943. The second-order valence-electron chi connectivity index (χ2n) is 6.97. The van der Waals surface area contributed by atoms with Gasteiger partial charge in [0.05, 0.1) is 22.5 Å². The van der Waals surface area contributed by atoms with Crippen molar-refractivity contribution in [3.05, 3.63) is 52.1 Å². The van der Waals surface area contributed by atoms with Crippen molar-refractivity contribution in [2.75, 3.05) is 0 Å². The number of alkyl carbamates (subject to hydrolysis) is 1. The van der Waals surface area contributed by atoms with Gasteiger partial charge >= 0.3 is 12.3 Å². The lowest BCUT2D eigenvalue weighted by molar-refractivity contribution is -0.138. The van der Waals surface area contributed by atoms with Crippen LogP contribution in [0.25, 0.3) is 10.9 Å². The molecule has 0 aliphatic carbocycles. The number of benzene rings is 1. The number of halogens is 3. The number of hydrogen-bond acceptors (Lipinski definition) is 4. The number of rotatable bonds is 3. The minimum Gasteiger partial charge on any atom is -0.444 e. The number of hydrogen-bond donors (Lipinski definition) is 2. The number of ether oxygens (including phenoxy) is 1. The molecule has 2 N–H and O–H groups in total. The fraction of sp³-hybridized carbons (Fsp3) is 0.389. The van der Waals surface area contributed by atoms with Crippen molar-refractivity contribution in [2.45, 2.75) is 45.5 Å². The molecule has 0 saturated carbocycles. The van der Waals surface area contributed by atoms with Crippen LogP contribution in [0, 0.1) is 6.92 Å². The number of carbonyl (C=O) groups excluding carboxylic acids is 1. The highest BCUT2D eigenvalue weighted by atomic mass is 19.4. The van der Waals surface area contributed by atoms with E-state index >= 15 is 0 Å². The van der Waals surface area contributed by atoms with Crippen molar-refractivity contribution in [2.24, 2.45) is 0 Å². The Labute approximate surface area is 153 Å². The predicted octanol–water partition coefficient (Wildman–Crippen LogP) is 4.00. The Kier molecular flexibility index (Phi) is 5.35. The zero-order valence-corrected chi connectivity index (χ0v) is 15.3. The molecule has 1 aromatic carbocycles. The molecule has 0 aliphatic rings. The molecular weight excluding hydrogens is 363 g/mol. The van der Waals surface area contributed by atoms with E-state index in [1.807, 2.05) is 0 Å². The first kappa shape index (κ1) is 20.5. The summed E-state index contributed by atoms with van der Waals surface area (Å²) in [6.45, 7) is 9.83. The fourth-order valence-corrected chi connectivity index (χ4v) is 2.52. The van der Waals surface area contributed by atoms with Crippen LogP contribution in [0.3, 0.4) is 0 Å². The third-order valence-corrected chi connectivity index (χ3v) is 3.54. The molecule has 6 nitrogen and oxygen atoms in total. The van der Waals surface area contributed by atoms with Crippen molar-refractivity contribution < 1.29 is 22.7 Å². The van der Waals surface area contributed by atoms with E-state index in [1.54, 1.807) is 20.8 Å². The number of alkyl halides is 3. The van der Waals surface area contributed by atoms with Crippen LogP contribution in [0.15, 0.2) is 29.6 Å². The van der Waals surface area contributed by atoms with E-state index in [0.717, 1.165) is 18.2 Å². The second kappa shape index (κ2) is 7.05. The molecule has 1 aromatic heterocycles. The van der Waals surface area contributed by atoms with Gasteiger partial charge in [0.1, 0.15) is 11.4 Å². The molecule has 1 atom stereocenters. The number of aryl methyl sites for hydroxylation is 1. The van der Waals surface area contributed by atoms with E-state index in [1.165, 1.54) is 6.92 Å². The molecule has 1 unspecified atom stereocenters. The Morgan fingerprint density at radius 3 is 2.48 bits per heavy atom. The van der Waals surface area contributed by atoms with Crippen molar-refractivity contribution in [3.63, 3.8) is 0 Å². The molecule has 2 aromatic rings. The van der Waals surface area contributed by atoms with Crippen LogP contribution < -0.4 is 10.9 Å². The average Bonchev–Trinajstić information content (AvgIpc) is 2.49. The van der Waals surface area contributed by atoms with Crippen molar-refractivity contribution in [1.82, 2.24) is 15.3 Å². The van der Waals surface area contributed by atoms with Gasteiger partial charge in [0.25, 0.3) is 5.56 Å². The van der Waals surface area contributed by atoms with Gasteiger partial charge in [0, 0.05) is 0 Å². The van der Waals surface area contributed by atoms with Crippen LogP contribution >= 0.6 is 0 Å². The summed E-state index contributed by atoms with van der Waals surface area (Å²) in [6, 6.07) is 0.634. The molecular formula is C18H20F3N3O3.